The summed E-state index contributed by atoms with van der Waals surface area (Å²) in [5, 5.41) is 2.33. The van der Waals surface area contributed by atoms with Gasteiger partial charge in [-0.25, -0.2) is 9.59 Å². The predicted molar refractivity (Wildman–Crippen MR) is 248 cm³/mol. The van der Waals surface area contributed by atoms with E-state index in [1.807, 2.05) is 48.8 Å². The van der Waals surface area contributed by atoms with Crippen LogP contribution in [0, 0.1) is 13.8 Å². The second kappa shape index (κ2) is 20.5. The molecule has 0 amide bonds. The van der Waals surface area contributed by atoms with Crippen LogP contribution in [0.3, 0.4) is 0 Å². The highest BCUT2D eigenvalue weighted by molar-refractivity contribution is 5.90. The first kappa shape index (κ1) is 44.9. The average molecular weight is 871 g/mol. The maximum Gasteiger partial charge on any atom is 0.338 e. The number of carbonyl (C=O) groups is 2. The number of aromatic nitrogens is 2. The van der Waals surface area contributed by atoms with Crippen molar-refractivity contribution >= 4 is 33.7 Å². The molecule has 338 valence electrons. The van der Waals surface area contributed by atoms with Gasteiger partial charge in [0, 0.05) is 96.6 Å². The van der Waals surface area contributed by atoms with E-state index in [2.05, 4.69) is 76.9 Å². The minimum absolute atomic E-state index is 0.0137. The minimum Gasteiger partial charge on any atom is -0.496 e. The number of fused-ring (bicyclic) bond motifs is 2. The fraction of sp³-hybridized carbons (Fsp3) is 0.423. The van der Waals surface area contributed by atoms with E-state index in [0.717, 1.165) is 101 Å². The van der Waals surface area contributed by atoms with Crippen LogP contribution in [0.5, 0.6) is 11.5 Å². The number of aryl methyl sites for hydroxylation is 2. The Labute approximate surface area is 376 Å². The number of H-pyrrole nitrogens is 2. The van der Waals surface area contributed by atoms with Crippen molar-refractivity contribution in [3.63, 3.8) is 0 Å². The molecule has 4 unspecified atom stereocenters. The number of esters is 2. The second-order valence-electron chi connectivity index (χ2n) is 17.1. The van der Waals surface area contributed by atoms with Crippen LogP contribution in [0.25, 0.3) is 21.8 Å². The molecule has 0 spiro atoms. The SMILES string of the molecule is CCOC1CCN(Cc2c(OC)cc(C)c3[nH]ccc23)C(c2ccc(C(=O)OCCCOC3CCN(Cc4c(OC)cc(C)c5[nH]ccc45)C(c4ccc(C(=O)OC)cc4)C3)cc2)C1. The van der Waals surface area contributed by atoms with Gasteiger partial charge in [-0.3, -0.25) is 9.80 Å². The van der Waals surface area contributed by atoms with E-state index < -0.39 is 0 Å². The summed E-state index contributed by atoms with van der Waals surface area (Å²) in [5.41, 5.74) is 10.1. The highest BCUT2D eigenvalue weighted by atomic mass is 16.5. The third kappa shape index (κ3) is 9.70. The van der Waals surface area contributed by atoms with Gasteiger partial charge in [0.2, 0.25) is 0 Å². The fourth-order valence-electron chi connectivity index (χ4n) is 9.90. The van der Waals surface area contributed by atoms with Crippen molar-refractivity contribution in [2.75, 3.05) is 54.2 Å². The lowest BCUT2D eigenvalue weighted by Crippen LogP contribution is -2.39. The highest BCUT2D eigenvalue weighted by Crippen LogP contribution is 2.40. The van der Waals surface area contributed by atoms with Crippen LogP contribution in [0.1, 0.15) is 105 Å². The molecule has 0 aliphatic carbocycles. The van der Waals surface area contributed by atoms with Gasteiger partial charge in [-0.15, -0.1) is 0 Å². The molecule has 2 N–H and O–H groups in total. The number of carbonyl (C=O) groups excluding carboxylic acids is 2. The number of rotatable bonds is 17. The zero-order chi connectivity index (χ0) is 44.7. The normalized spacial score (nSPS) is 19.5. The Morgan fingerprint density at radius 3 is 1.59 bits per heavy atom. The van der Waals surface area contributed by atoms with Crippen molar-refractivity contribution in [2.24, 2.45) is 0 Å². The number of nitrogens with zero attached hydrogens (tertiary/aromatic N) is 2. The summed E-state index contributed by atoms with van der Waals surface area (Å²) in [6.07, 6.45) is 8.18. The smallest absolute Gasteiger partial charge is 0.338 e. The molecule has 2 aliphatic heterocycles. The Balaban J connectivity index is 0.879. The number of benzene rings is 4. The Hall–Kier alpha value is -5.66. The molecule has 8 rings (SSSR count). The Bertz CT molecular complexity index is 2530. The zero-order valence-corrected chi connectivity index (χ0v) is 38.0. The quantitative estimate of drug-likeness (QED) is 0.0676. The molecular formula is C52H62N4O8. The molecule has 2 aliphatic rings. The second-order valence-corrected chi connectivity index (χ2v) is 17.1. The molecule has 12 nitrogen and oxygen atoms in total. The van der Waals surface area contributed by atoms with Crippen LogP contribution in [0.4, 0.5) is 0 Å². The Morgan fingerprint density at radius 2 is 1.12 bits per heavy atom. The van der Waals surface area contributed by atoms with Gasteiger partial charge >= 0.3 is 11.9 Å². The summed E-state index contributed by atoms with van der Waals surface area (Å²) in [7, 11) is 4.86. The monoisotopic (exact) mass is 870 g/mol. The molecule has 64 heavy (non-hydrogen) atoms. The molecule has 2 saturated heterocycles. The first-order valence-electron chi connectivity index (χ1n) is 22.6. The molecule has 4 aromatic carbocycles. The van der Waals surface area contributed by atoms with Crippen molar-refractivity contribution < 1.29 is 38.0 Å². The summed E-state index contributed by atoms with van der Waals surface area (Å²) in [6.45, 7) is 10.8. The molecule has 12 heteroatoms. The molecule has 0 radical (unpaired) electrons. The lowest BCUT2D eigenvalue weighted by molar-refractivity contribution is -0.0241. The van der Waals surface area contributed by atoms with E-state index >= 15 is 0 Å². The number of hydrogen-bond donors (Lipinski definition) is 2. The molecule has 2 fully saturated rings. The number of piperidine rings is 2. The molecule has 2 aromatic heterocycles. The van der Waals surface area contributed by atoms with Crippen molar-refractivity contribution in [1.29, 1.82) is 0 Å². The Morgan fingerprint density at radius 1 is 0.641 bits per heavy atom. The first-order chi connectivity index (χ1) is 31.2. The van der Waals surface area contributed by atoms with Crippen molar-refractivity contribution in [3.8, 4) is 11.5 Å². The number of hydrogen-bond acceptors (Lipinski definition) is 10. The van der Waals surface area contributed by atoms with Crippen molar-refractivity contribution in [1.82, 2.24) is 19.8 Å². The van der Waals surface area contributed by atoms with Crippen molar-refractivity contribution in [3.05, 3.63) is 130 Å². The van der Waals surface area contributed by atoms with Gasteiger partial charge in [0.15, 0.2) is 0 Å². The standard InChI is InChI=1S/C52H62N4O8/c1-7-62-39-19-23-55(31-43-41-17-21-53-49(41)33(2)27-47(43)59-4)45(29-39)36-11-15-38(16-12-36)52(58)64-26-8-25-63-40-20-24-56(46(30-40)35-9-13-37(14-10-35)51(57)61-6)32-44-42-18-22-54-50(42)34(3)28-48(44)60-5/h9-18,21-22,27-28,39-40,45-46,53-54H,7-8,19-20,23-26,29-32H2,1-6H3. The van der Waals surface area contributed by atoms with Crippen LogP contribution < -0.4 is 9.47 Å². The van der Waals surface area contributed by atoms with E-state index in [1.54, 1.807) is 14.2 Å². The fourth-order valence-corrected chi connectivity index (χ4v) is 9.90. The third-order valence-corrected chi connectivity index (χ3v) is 13.2. The van der Waals surface area contributed by atoms with Crippen LogP contribution in [0.15, 0.2) is 85.2 Å². The minimum atomic E-state index is -0.359. The molecule has 6 aromatic rings. The van der Waals surface area contributed by atoms with Gasteiger partial charge in [-0.05, 0) is 117 Å². The number of ether oxygens (including phenoxy) is 6. The van der Waals surface area contributed by atoms with Crippen LogP contribution >= 0.6 is 0 Å². The number of aromatic amines is 2. The average Bonchev–Trinajstić information content (AvgIpc) is 4.04. The van der Waals surface area contributed by atoms with E-state index in [1.165, 1.54) is 18.1 Å². The lowest BCUT2D eigenvalue weighted by Gasteiger charge is -2.40. The topological polar surface area (TPSA) is 128 Å². The summed E-state index contributed by atoms with van der Waals surface area (Å²) >= 11 is 0. The molecular weight excluding hydrogens is 809 g/mol. The van der Waals surface area contributed by atoms with E-state index in [9.17, 15) is 9.59 Å². The summed E-state index contributed by atoms with van der Waals surface area (Å²) in [5.74, 6) is 1.06. The van der Waals surface area contributed by atoms with Crippen LogP contribution in [-0.4, -0.2) is 98.2 Å². The largest absolute Gasteiger partial charge is 0.496 e. The van der Waals surface area contributed by atoms with E-state index in [-0.39, 0.29) is 42.8 Å². The van der Waals surface area contributed by atoms with Gasteiger partial charge in [-0.1, -0.05) is 24.3 Å². The number of methoxy groups -OCH3 is 3. The maximum absolute atomic E-state index is 13.3. The molecule has 4 atom stereocenters. The van der Waals surface area contributed by atoms with Gasteiger partial charge in [0.1, 0.15) is 11.5 Å². The zero-order valence-electron chi connectivity index (χ0n) is 38.0. The molecule has 4 heterocycles. The summed E-state index contributed by atoms with van der Waals surface area (Å²) < 4.78 is 35.1. The summed E-state index contributed by atoms with van der Waals surface area (Å²) in [4.78, 5) is 37.3. The summed E-state index contributed by atoms with van der Waals surface area (Å²) in [6, 6.07) is 24.2. The van der Waals surface area contributed by atoms with E-state index in [4.69, 9.17) is 28.4 Å². The van der Waals surface area contributed by atoms with Gasteiger partial charge in [0.05, 0.1) is 57.9 Å². The van der Waals surface area contributed by atoms with Crippen LogP contribution in [-0.2, 0) is 32.0 Å². The maximum atomic E-state index is 13.3. The van der Waals surface area contributed by atoms with Gasteiger partial charge in [-0.2, -0.15) is 0 Å². The number of nitrogens with one attached hydrogen (secondary N) is 2. The molecule has 0 saturated carbocycles. The van der Waals surface area contributed by atoms with E-state index in [0.29, 0.717) is 37.3 Å². The Kier molecular flexibility index (Phi) is 14.4. The third-order valence-electron chi connectivity index (χ3n) is 13.2. The van der Waals surface area contributed by atoms with Crippen LogP contribution in [0.2, 0.25) is 0 Å². The highest BCUT2D eigenvalue weighted by Gasteiger charge is 2.33. The van der Waals surface area contributed by atoms with Gasteiger partial charge in [0.25, 0.3) is 0 Å². The molecule has 0 bridgehead atoms. The first-order valence-corrected chi connectivity index (χ1v) is 22.6. The predicted octanol–water partition coefficient (Wildman–Crippen LogP) is 9.78. The van der Waals surface area contributed by atoms with Crippen molar-refractivity contribution in [2.45, 2.75) is 90.3 Å². The number of likely N-dealkylation sites (tertiary alicyclic amines) is 2. The lowest BCUT2D eigenvalue weighted by atomic mass is 9.91. The van der Waals surface area contributed by atoms with Gasteiger partial charge < -0.3 is 38.4 Å².